The topological polar surface area (TPSA) is 67.2 Å². The number of fused-ring (bicyclic) bond motifs is 1. The average molecular weight is 267 g/mol. The molecule has 6 heteroatoms. The van der Waals surface area contributed by atoms with Crippen molar-refractivity contribution in [1.29, 1.82) is 0 Å². The zero-order valence-corrected chi connectivity index (χ0v) is 11.5. The molecule has 98 valence electrons. The lowest BCUT2D eigenvalue weighted by Crippen LogP contribution is -2.31. The number of aliphatic hydroxyl groups excluding tert-OH is 1. The number of aryl methyl sites for hydroxylation is 2. The van der Waals surface area contributed by atoms with E-state index in [0.29, 0.717) is 17.8 Å². The molecular formula is C12H17N3O2S. The standard InChI is InChI=1S/C12H17N3O2S/c1-4-8(16)6-13-11(17)10-5-9-7(2)14-15(3)12(9)18-10/h5,8,16H,4,6H2,1-3H3,(H,13,17). The number of amides is 1. The van der Waals surface area contributed by atoms with Crippen molar-refractivity contribution in [1.82, 2.24) is 15.1 Å². The Labute approximate surface area is 109 Å². The summed E-state index contributed by atoms with van der Waals surface area (Å²) in [6.45, 7) is 4.10. The third kappa shape index (κ3) is 2.39. The van der Waals surface area contributed by atoms with Crippen molar-refractivity contribution in [2.24, 2.45) is 7.05 Å². The van der Waals surface area contributed by atoms with Crippen LogP contribution in [0.3, 0.4) is 0 Å². The SMILES string of the molecule is CCC(O)CNC(=O)c1cc2c(C)nn(C)c2s1. The largest absolute Gasteiger partial charge is 0.391 e. The lowest BCUT2D eigenvalue weighted by Gasteiger charge is -2.08. The fourth-order valence-electron chi connectivity index (χ4n) is 1.76. The van der Waals surface area contributed by atoms with Gasteiger partial charge in [-0.1, -0.05) is 6.92 Å². The van der Waals surface area contributed by atoms with Gasteiger partial charge in [0.15, 0.2) is 0 Å². The van der Waals surface area contributed by atoms with Gasteiger partial charge < -0.3 is 10.4 Å². The summed E-state index contributed by atoms with van der Waals surface area (Å²) in [6, 6.07) is 1.86. The third-order valence-corrected chi connectivity index (χ3v) is 4.09. The second-order valence-electron chi connectivity index (χ2n) is 4.31. The van der Waals surface area contributed by atoms with Crippen LogP contribution in [0.25, 0.3) is 10.2 Å². The molecule has 0 saturated heterocycles. The summed E-state index contributed by atoms with van der Waals surface area (Å²) < 4.78 is 1.78. The van der Waals surface area contributed by atoms with Gasteiger partial charge in [0, 0.05) is 19.0 Å². The lowest BCUT2D eigenvalue weighted by molar-refractivity contribution is 0.0918. The fraction of sp³-hybridized carbons (Fsp3) is 0.500. The molecule has 0 fully saturated rings. The highest BCUT2D eigenvalue weighted by molar-refractivity contribution is 7.20. The van der Waals surface area contributed by atoms with Crippen LogP contribution < -0.4 is 5.32 Å². The van der Waals surface area contributed by atoms with Gasteiger partial charge in [0.05, 0.1) is 16.7 Å². The zero-order chi connectivity index (χ0) is 13.3. The number of hydrogen-bond acceptors (Lipinski definition) is 4. The summed E-state index contributed by atoms with van der Waals surface area (Å²) in [5.74, 6) is -0.136. The minimum atomic E-state index is -0.480. The highest BCUT2D eigenvalue weighted by Crippen LogP contribution is 2.27. The predicted molar refractivity (Wildman–Crippen MR) is 72.0 cm³/mol. The fourth-order valence-corrected chi connectivity index (χ4v) is 2.80. The van der Waals surface area contributed by atoms with Crippen LogP contribution in [0, 0.1) is 6.92 Å². The smallest absolute Gasteiger partial charge is 0.261 e. The number of rotatable bonds is 4. The molecule has 2 aromatic rings. The average Bonchev–Trinajstić information content (AvgIpc) is 2.89. The second kappa shape index (κ2) is 5.07. The summed E-state index contributed by atoms with van der Waals surface area (Å²) in [5.41, 5.74) is 0.927. The first-order valence-corrected chi connectivity index (χ1v) is 6.74. The molecule has 0 radical (unpaired) electrons. The van der Waals surface area contributed by atoms with E-state index in [-0.39, 0.29) is 5.91 Å². The van der Waals surface area contributed by atoms with Crippen LogP contribution in [0.5, 0.6) is 0 Å². The molecule has 0 spiro atoms. The number of hydrogen-bond donors (Lipinski definition) is 2. The maximum absolute atomic E-state index is 11.9. The number of nitrogens with one attached hydrogen (secondary N) is 1. The summed E-state index contributed by atoms with van der Waals surface area (Å²) >= 11 is 1.42. The molecule has 2 heterocycles. The zero-order valence-electron chi connectivity index (χ0n) is 10.7. The summed E-state index contributed by atoms with van der Waals surface area (Å²) in [5, 5.41) is 17.5. The number of thiophene rings is 1. The summed E-state index contributed by atoms with van der Waals surface area (Å²) in [7, 11) is 1.87. The van der Waals surface area contributed by atoms with Crippen molar-refractivity contribution in [3.8, 4) is 0 Å². The molecule has 1 atom stereocenters. The molecule has 0 aliphatic heterocycles. The Morgan fingerprint density at radius 1 is 1.67 bits per heavy atom. The van der Waals surface area contributed by atoms with E-state index in [1.54, 1.807) is 4.68 Å². The van der Waals surface area contributed by atoms with Crippen LogP contribution in [0.1, 0.15) is 28.7 Å². The number of carbonyl (C=O) groups excluding carboxylic acids is 1. The molecule has 1 unspecified atom stereocenters. The van der Waals surface area contributed by atoms with E-state index in [2.05, 4.69) is 10.4 Å². The Morgan fingerprint density at radius 3 is 3.00 bits per heavy atom. The molecule has 2 N–H and O–H groups in total. The van der Waals surface area contributed by atoms with Crippen LogP contribution >= 0.6 is 11.3 Å². The van der Waals surface area contributed by atoms with Crippen molar-refractivity contribution in [2.75, 3.05) is 6.54 Å². The van der Waals surface area contributed by atoms with Crippen molar-refractivity contribution in [3.05, 3.63) is 16.6 Å². The highest BCUT2D eigenvalue weighted by atomic mass is 32.1. The summed E-state index contributed by atoms with van der Waals surface area (Å²) in [6.07, 6.45) is 0.155. The lowest BCUT2D eigenvalue weighted by atomic mass is 10.2. The van der Waals surface area contributed by atoms with Crippen molar-refractivity contribution in [3.63, 3.8) is 0 Å². The van der Waals surface area contributed by atoms with E-state index in [4.69, 9.17) is 0 Å². The van der Waals surface area contributed by atoms with Crippen LogP contribution in [0.2, 0.25) is 0 Å². The highest BCUT2D eigenvalue weighted by Gasteiger charge is 2.15. The van der Waals surface area contributed by atoms with E-state index in [1.807, 2.05) is 27.0 Å². The molecule has 0 aliphatic rings. The van der Waals surface area contributed by atoms with Gasteiger partial charge in [-0.25, -0.2) is 0 Å². The molecule has 18 heavy (non-hydrogen) atoms. The van der Waals surface area contributed by atoms with Crippen LogP contribution in [0.15, 0.2) is 6.07 Å². The molecule has 0 saturated carbocycles. The predicted octanol–water partition coefficient (Wildman–Crippen LogP) is 1.44. The van der Waals surface area contributed by atoms with Gasteiger partial charge in [-0.05, 0) is 19.4 Å². The van der Waals surface area contributed by atoms with Crippen molar-refractivity contribution >= 4 is 27.5 Å². The normalized spacial score (nSPS) is 12.9. The van der Waals surface area contributed by atoms with Gasteiger partial charge in [0.25, 0.3) is 5.91 Å². The minimum absolute atomic E-state index is 0.136. The van der Waals surface area contributed by atoms with Gasteiger partial charge in [0.2, 0.25) is 0 Å². The Balaban J connectivity index is 2.16. The molecule has 5 nitrogen and oxygen atoms in total. The molecule has 0 aromatic carbocycles. The quantitative estimate of drug-likeness (QED) is 0.881. The Morgan fingerprint density at radius 2 is 2.39 bits per heavy atom. The molecule has 2 rings (SSSR count). The third-order valence-electron chi connectivity index (χ3n) is 2.89. The van der Waals surface area contributed by atoms with E-state index >= 15 is 0 Å². The molecule has 1 amide bonds. The number of aromatic nitrogens is 2. The first kappa shape index (κ1) is 13.0. The van der Waals surface area contributed by atoms with Gasteiger partial charge in [-0.2, -0.15) is 5.10 Å². The van der Waals surface area contributed by atoms with Crippen LogP contribution in [-0.4, -0.2) is 33.4 Å². The second-order valence-corrected chi connectivity index (χ2v) is 5.34. The number of carbonyl (C=O) groups is 1. The van der Waals surface area contributed by atoms with E-state index < -0.39 is 6.10 Å². The van der Waals surface area contributed by atoms with Crippen LogP contribution in [0.4, 0.5) is 0 Å². The Hall–Kier alpha value is -1.40. The van der Waals surface area contributed by atoms with Crippen molar-refractivity contribution in [2.45, 2.75) is 26.4 Å². The van der Waals surface area contributed by atoms with Gasteiger partial charge in [0.1, 0.15) is 4.83 Å². The van der Waals surface area contributed by atoms with Crippen molar-refractivity contribution < 1.29 is 9.90 Å². The summed E-state index contributed by atoms with van der Waals surface area (Å²) in [4.78, 5) is 13.6. The molecule has 0 bridgehead atoms. The van der Waals surface area contributed by atoms with Gasteiger partial charge in [-0.3, -0.25) is 9.48 Å². The maximum atomic E-state index is 11.9. The number of aliphatic hydroxyl groups is 1. The molecular weight excluding hydrogens is 250 g/mol. The van der Waals surface area contributed by atoms with E-state index in [0.717, 1.165) is 15.9 Å². The Kier molecular flexibility index (Phi) is 3.68. The van der Waals surface area contributed by atoms with Gasteiger partial charge in [-0.15, -0.1) is 11.3 Å². The first-order chi connectivity index (χ1) is 8.52. The molecule has 0 aliphatic carbocycles. The van der Waals surface area contributed by atoms with E-state index in [9.17, 15) is 9.90 Å². The monoisotopic (exact) mass is 267 g/mol. The minimum Gasteiger partial charge on any atom is -0.391 e. The van der Waals surface area contributed by atoms with Crippen LogP contribution in [-0.2, 0) is 7.05 Å². The number of nitrogens with zero attached hydrogens (tertiary/aromatic N) is 2. The maximum Gasteiger partial charge on any atom is 0.261 e. The Bertz CT molecular complexity index is 539. The van der Waals surface area contributed by atoms with Gasteiger partial charge >= 0.3 is 0 Å². The first-order valence-electron chi connectivity index (χ1n) is 5.92. The molecule has 2 aromatic heterocycles. The van der Waals surface area contributed by atoms with E-state index in [1.165, 1.54) is 11.3 Å².